The van der Waals surface area contributed by atoms with Gasteiger partial charge in [-0.05, 0) is 23.1 Å². The lowest BCUT2D eigenvalue weighted by Gasteiger charge is -2.18. The van der Waals surface area contributed by atoms with Gasteiger partial charge in [0.1, 0.15) is 0 Å². The molecular weight excluding hydrogens is 238 g/mol. The van der Waals surface area contributed by atoms with E-state index >= 15 is 0 Å². The van der Waals surface area contributed by atoms with E-state index in [-0.39, 0.29) is 12.2 Å². The van der Waals surface area contributed by atoms with Crippen LogP contribution in [0, 0.1) is 5.41 Å². The summed E-state index contributed by atoms with van der Waals surface area (Å²) in [4.78, 5) is 0. The first-order valence-electron chi connectivity index (χ1n) is 5.74. The Balaban J connectivity index is 2.00. The fourth-order valence-corrected chi connectivity index (χ4v) is 1.99. The van der Waals surface area contributed by atoms with Crippen LogP contribution in [0.3, 0.4) is 0 Å². The van der Waals surface area contributed by atoms with Crippen LogP contribution in [0.5, 0.6) is 11.5 Å². The largest absolute Gasteiger partial charge is 0.454 e. The topological polar surface area (TPSA) is 30.5 Å². The fourth-order valence-electron chi connectivity index (χ4n) is 1.70. The number of nitrogens with one attached hydrogen (secondary N) is 1. The summed E-state index contributed by atoms with van der Waals surface area (Å²) in [5.41, 5.74) is 1.39. The van der Waals surface area contributed by atoms with E-state index in [1.807, 2.05) is 12.1 Å². The third kappa shape index (κ3) is 3.27. The summed E-state index contributed by atoms with van der Waals surface area (Å²) in [6, 6.07) is 3.90. The Bertz CT molecular complexity index is 413. The van der Waals surface area contributed by atoms with Crippen LogP contribution in [-0.2, 0) is 6.54 Å². The van der Waals surface area contributed by atoms with Crippen molar-refractivity contribution in [3.8, 4) is 11.5 Å². The van der Waals surface area contributed by atoms with E-state index in [2.05, 4.69) is 26.1 Å². The normalized spacial score (nSPS) is 14.1. The Hall–Kier alpha value is -0.930. The molecule has 0 atom stereocenters. The molecule has 0 amide bonds. The summed E-state index contributed by atoms with van der Waals surface area (Å²) in [5, 5.41) is 4.02. The van der Waals surface area contributed by atoms with Crippen LogP contribution in [-0.4, -0.2) is 13.3 Å². The highest BCUT2D eigenvalue weighted by molar-refractivity contribution is 6.32. The lowest BCUT2D eigenvalue weighted by Crippen LogP contribution is -2.26. The molecule has 0 saturated heterocycles. The molecule has 0 spiro atoms. The first-order valence-corrected chi connectivity index (χ1v) is 6.12. The molecule has 17 heavy (non-hydrogen) atoms. The standard InChI is InChI=1S/C13H18ClNO2/c1-13(2,3)7-15-6-9-4-10(14)12-11(5-9)16-8-17-12/h4-5,15H,6-8H2,1-3H3. The second kappa shape index (κ2) is 4.75. The highest BCUT2D eigenvalue weighted by Crippen LogP contribution is 2.39. The van der Waals surface area contributed by atoms with Crippen molar-refractivity contribution in [2.45, 2.75) is 27.3 Å². The lowest BCUT2D eigenvalue weighted by atomic mass is 9.97. The molecule has 1 aromatic rings. The molecule has 0 radical (unpaired) electrons. The van der Waals surface area contributed by atoms with E-state index in [9.17, 15) is 0 Å². The summed E-state index contributed by atoms with van der Waals surface area (Å²) < 4.78 is 10.6. The quantitative estimate of drug-likeness (QED) is 0.900. The van der Waals surface area contributed by atoms with Gasteiger partial charge in [-0.15, -0.1) is 0 Å². The Labute approximate surface area is 107 Å². The molecule has 1 N–H and O–H groups in total. The fraction of sp³-hybridized carbons (Fsp3) is 0.538. The molecular formula is C13H18ClNO2. The average Bonchev–Trinajstić information content (AvgIpc) is 2.64. The van der Waals surface area contributed by atoms with Crippen LogP contribution in [0.15, 0.2) is 12.1 Å². The number of halogens is 1. The molecule has 1 aliphatic rings. The molecule has 0 fully saturated rings. The van der Waals surface area contributed by atoms with Crippen molar-refractivity contribution in [1.29, 1.82) is 0 Å². The number of fused-ring (bicyclic) bond motifs is 1. The van der Waals surface area contributed by atoms with Gasteiger partial charge in [-0.3, -0.25) is 0 Å². The van der Waals surface area contributed by atoms with E-state index in [1.54, 1.807) is 0 Å². The minimum absolute atomic E-state index is 0.258. The Morgan fingerprint density at radius 2 is 2.06 bits per heavy atom. The van der Waals surface area contributed by atoms with Gasteiger partial charge in [-0.25, -0.2) is 0 Å². The van der Waals surface area contributed by atoms with Crippen molar-refractivity contribution >= 4 is 11.6 Å². The number of benzene rings is 1. The molecule has 1 heterocycles. The molecule has 0 saturated carbocycles. The minimum Gasteiger partial charge on any atom is -0.454 e. The van der Waals surface area contributed by atoms with Crippen molar-refractivity contribution in [1.82, 2.24) is 5.32 Å². The highest BCUT2D eigenvalue weighted by atomic mass is 35.5. The number of hydrogen-bond donors (Lipinski definition) is 1. The van der Waals surface area contributed by atoms with Crippen molar-refractivity contribution in [3.05, 3.63) is 22.7 Å². The molecule has 4 heteroatoms. The third-order valence-electron chi connectivity index (χ3n) is 2.47. The molecule has 94 valence electrons. The van der Waals surface area contributed by atoms with Crippen LogP contribution in [0.25, 0.3) is 0 Å². The van der Waals surface area contributed by atoms with Gasteiger partial charge < -0.3 is 14.8 Å². The predicted molar refractivity (Wildman–Crippen MR) is 68.7 cm³/mol. The maximum absolute atomic E-state index is 6.11. The van der Waals surface area contributed by atoms with Gasteiger partial charge in [0, 0.05) is 13.1 Å². The number of hydrogen-bond acceptors (Lipinski definition) is 3. The first-order chi connectivity index (χ1) is 7.96. The third-order valence-corrected chi connectivity index (χ3v) is 2.75. The maximum atomic E-state index is 6.11. The summed E-state index contributed by atoms with van der Waals surface area (Å²) in [6.45, 7) is 8.60. The van der Waals surface area contributed by atoms with E-state index in [0.29, 0.717) is 10.8 Å². The van der Waals surface area contributed by atoms with E-state index in [1.165, 1.54) is 0 Å². The van der Waals surface area contributed by atoms with Crippen LogP contribution in [0.2, 0.25) is 5.02 Å². The van der Waals surface area contributed by atoms with Crippen LogP contribution >= 0.6 is 11.6 Å². The Morgan fingerprint density at radius 1 is 1.29 bits per heavy atom. The minimum atomic E-state index is 0.258. The van der Waals surface area contributed by atoms with Crippen molar-refractivity contribution in [2.75, 3.05) is 13.3 Å². The number of rotatable bonds is 3. The average molecular weight is 256 g/mol. The van der Waals surface area contributed by atoms with Gasteiger partial charge in [0.15, 0.2) is 11.5 Å². The van der Waals surface area contributed by atoms with Gasteiger partial charge in [-0.2, -0.15) is 0 Å². The molecule has 0 aliphatic carbocycles. The van der Waals surface area contributed by atoms with Crippen LogP contribution in [0.4, 0.5) is 0 Å². The summed E-state index contributed by atoms with van der Waals surface area (Å²) in [5.74, 6) is 1.40. The van der Waals surface area contributed by atoms with Crippen LogP contribution in [0.1, 0.15) is 26.3 Å². The molecule has 1 aliphatic heterocycles. The highest BCUT2D eigenvalue weighted by Gasteiger charge is 2.18. The van der Waals surface area contributed by atoms with Crippen LogP contribution < -0.4 is 14.8 Å². The molecule has 0 bridgehead atoms. The number of ether oxygens (including phenoxy) is 2. The van der Waals surface area contributed by atoms with Gasteiger partial charge in [0.2, 0.25) is 6.79 Å². The summed E-state index contributed by atoms with van der Waals surface area (Å²) in [7, 11) is 0. The lowest BCUT2D eigenvalue weighted by molar-refractivity contribution is 0.174. The van der Waals surface area contributed by atoms with Crippen molar-refractivity contribution in [3.63, 3.8) is 0 Å². The Kier molecular flexibility index (Phi) is 3.50. The predicted octanol–water partition coefficient (Wildman–Crippen LogP) is 3.20. The smallest absolute Gasteiger partial charge is 0.231 e. The first kappa shape index (κ1) is 12.5. The molecule has 0 unspecified atom stereocenters. The monoisotopic (exact) mass is 255 g/mol. The summed E-state index contributed by atoms with van der Waals surface area (Å²) in [6.07, 6.45) is 0. The van der Waals surface area contributed by atoms with Crippen molar-refractivity contribution < 1.29 is 9.47 Å². The van der Waals surface area contributed by atoms with Crippen molar-refractivity contribution in [2.24, 2.45) is 5.41 Å². The molecule has 1 aromatic carbocycles. The second-order valence-corrected chi connectivity index (χ2v) is 5.88. The van der Waals surface area contributed by atoms with E-state index in [4.69, 9.17) is 21.1 Å². The molecule has 3 nitrogen and oxygen atoms in total. The van der Waals surface area contributed by atoms with Gasteiger partial charge in [0.05, 0.1) is 5.02 Å². The van der Waals surface area contributed by atoms with Gasteiger partial charge in [0.25, 0.3) is 0 Å². The second-order valence-electron chi connectivity index (χ2n) is 5.48. The zero-order valence-corrected chi connectivity index (χ0v) is 11.2. The zero-order valence-electron chi connectivity index (χ0n) is 10.5. The van der Waals surface area contributed by atoms with Gasteiger partial charge in [-0.1, -0.05) is 32.4 Å². The van der Waals surface area contributed by atoms with Gasteiger partial charge >= 0.3 is 0 Å². The molecule has 2 rings (SSSR count). The zero-order chi connectivity index (χ0) is 12.5. The Morgan fingerprint density at radius 3 is 2.76 bits per heavy atom. The molecule has 0 aromatic heterocycles. The van der Waals surface area contributed by atoms with E-state index in [0.717, 1.165) is 24.4 Å². The maximum Gasteiger partial charge on any atom is 0.231 e. The summed E-state index contributed by atoms with van der Waals surface area (Å²) >= 11 is 6.11. The van der Waals surface area contributed by atoms with E-state index < -0.39 is 0 Å². The SMILES string of the molecule is CC(C)(C)CNCc1cc(Cl)c2c(c1)OCO2.